The van der Waals surface area contributed by atoms with Crippen LogP contribution in [0.5, 0.6) is 0 Å². The summed E-state index contributed by atoms with van der Waals surface area (Å²) in [6.45, 7) is 12.9. The lowest BCUT2D eigenvalue weighted by Gasteiger charge is -2.61. The van der Waals surface area contributed by atoms with Gasteiger partial charge in [0.05, 0.1) is 0 Å². The minimum atomic E-state index is 0.651. The van der Waals surface area contributed by atoms with E-state index in [1.54, 1.807) is 19.3 Å². The fourth-order valence-corrected chi connectivity index (χ4v) is 9.73. The van der Waals surface area contributed by atoms with Crippen molar-refractivity contribution in [1.29, 1.82) is 0 Å². The Balaban J connectivity index is 1.45. The van der Waals surface area contributed by atoms with Crippen LogP contribution in [-0.2, 0) is 0 Å². The Kier molecular flexibility index (Phi) is 6.72. The number of hydrogen-bond donors (Lipinski definition) is 0. The number of hydrogen-bond acceptors (Lipinski definition) is 1. The molecular weight excluding hydrogens is 362 g/mol. The monoisotopic (exact) mass is 415 g/mol. The van der Waals surface area contributed by atoms with E-state index in [1.165, 1.54) is 57.8 Å². The van der Waals surface area contributed by atoms with E-state index in [0.29, 0.717) is 10.8 Å². The summed E-state index contributed by atoms with van der Waals surface area (Å²) >= 11 is 0. The normalized spacial score (nSPS) is 47.1. The second-order valence-electron chi connectivity index (χ2n) is 13.6. The van der Waals surface area contributed by atoms with Gasteiger partial charge in [-0.2, -0.15) is 0 Å². The average molecular weight is 416 g/mol. The summed E-state index contributed by atoms with van der Waals surface area (Å²) in [5.74, 6) is 6.94. The van der Waals surface area contributed by atoms with Crippen molar-refractivity contribution in [2.45, 2.75) is 118 Å². The highest BCUT2D eigenvalue weighted by molar-refractivity contribution is 5.10. The lowest BCUT2D eigenvalue weighted by Crippen LogP contribution is -2.55. The molecule has 4 aliphatic carbocycles. The van der Waals surface area contributed by atoms with Crippen LogP contribution in [0, 0.1) is 52.3 Å². The SMILES string of the molecule is CC(C)CCC[C@@H](C)C1CCC2C3CCC4CC(N(C)C)CCC4(C)C3CCC21C. The maximum absolute atomic E-state index is 2.75. The van der Waals surface area contributed by atoms with Gasteiger partial charge >= 0.3 is 0 Å². The van der Waals surface area contributed by atoms with E-state index in [4.69, 9.17) is 0 Å². The Morgan fingerprint density at radius 3 is 2.20 bits per heavy atom. The molecule has 0 radical (unpaired) electrons. The molecule has 1 heteroatoms. The standard InChI is InChI=1S/C29H53N/c1-20(2)9-8-10-21(3)25-13-14-26-24-12-11-22-19-23(30(6)7)15-17-28(22,4)27(24)16-18-29(25,26)5/h20-27H,8-19H2,1-7H3/t21-,22?,23?,24?,25?,26?,27?,28?,29?/m1/s1. The fourth-order valence-electron chi connectivity index (χ4n) is 9.73. The summed E-state index contributed by atoms with van der Waals surface area (Å²) in [7, 11) is 4.62. The molecule has 0 N–H and O–H groups in total. The third-order valence-corrected chi connectivity index (χ3v) is 11.6. The van der Waals surface area contributed by atoms with Gasteiger partial charge in [0, 0.05) is 6.04 Å². The van der Waals surface area contributed by atoms with E-state index in [2.05, 4.69) is 53.6 Å². The molecule has 0 aromatic carbocycles. The summed E-state index contributed by atoms with van der Waals surface area (Å²) in [5, 5.41) is 0. The van der Waals surface area contributed by atoms with Crippen molar-refractivity contribution >= 4 is 0 Å². The minimum absolute atomic E-state index is 0.651. The quantitative estimate of drug-likeness (QED) is 0.424. The molecule has 0 spiro atoms. The molecule has 0 bridgehead atoms. The third kappa shape index (κ3) is 3.92. The molecule has 8 unspecified atom stereocenters. The smallest absolute Gasteiger partial charge is 0.00922 e. The van der Waals surface area contributed by atoms with E-state index in [-0.39, 0.29) is 0 Å². The zero-order valence-corrected chi connectivity index (χ0v) is 21.6. The third-order valence-electron chi connectivity index (χ3n) is 11.6. The Morgan fingerprint density at radius 1 is 0.800 bits per heavy atom. The summed E-state index contributed by atoms with van der Waals surface area (Å²) in [4.78, 5) is 2.52. The molecular formula is C29H53N. The van der Waals surface area contributed by atoms with E-state index in [9.17, 15) is 0 Å². The number of fused-ring (bicyclic) bond motifs is 5. The van der Waals surface area contributed by atoms with Gasteiger partial charge in [0.15, 0.2) is 0 Å². The molecule has 30 heavy (non-hydrogen) atoms. The summed E-state index contributed by atoms with van der Waals surface area (Å²) in [6.07, 6.45) is 18.0. The molecule has 4 fully saturated rings. The highest BCUT2D eigenvalue weighted by atomic mass is 15.1. The van der Waals surface area contributed by atoms with Gasteiger partial charge in [0.2, 0.25) is 0 Å². The predicted molar refractivity (Wildman–Crippen MR) is 131 cm³/mol. The van der Waals surface area contributed by atoms with Gasteiger partial charge in [0.25, 0.3) is 0 Å². The Hall–Kier alpha value is -0.0400. The lowest BCUT2D eigenvalue weighted by molar-refractivity contribution is -0.122. The first kappa shape index (κ1) is 23.1. The zero-order chi connectivity index (χ0) is 21.7. The molecule has 0 amide bonds. The van der Waals surface area contributed by atoms with Crippen LogP contribution >= 0.6 is 0 Å². The molecule has 1 nitrogen and oxygen atoms in total. The van der Waals surface area contributed by atoms with E-state index < -0.39 is 0 Å². The van der Waals surface area contributed by atoms with Crippen LogP contribution < -0.4 is 0 Å². The molecule has 4 saturated carbocycles. The van der Waals surface area contributed by atoms with E-state index in [1.807, 2.05) is 0 Å². The molecule has 4 rings (SSSR count). The van der Waals surface area contributed by atoms with Crippen LogP contribution in [-0.4, -0.2) is 25.0 Å². The van der Waals surface area contributed by atoms with Crippen molar-refractivity contribution in [2.24, 2.45) is 52.3 Å². The predicted octanol–water partition coefficient (Wildman–Crippen LogP) is 8.04. The Bertz CT molecular complexity index is 581. The molecule has 0 aliphatic heterocycles. The molecule has 174 valence electrons. The van der Waals surface area contributed by atoms with Gasteiger partial charge in [-0.15, -0.1) is 0 Å². The van der Waals surface area contributed by atoms with Crippen LogP contribution in [0.15, 0.2) is 0 Å². The first-order valence-corrected chi connectivity index (χ1v) is 13.8. The van der Waals surface area contributed by atoms with Crippen molar-refractivity contribution in [3.05, 3.63) is 0 Å². The highest BCUT2D eigenvalue weighted by Gasteiger charge is 2.60. The van der Waals surface area contributed by atoms with E-state index >= 15 is 0 Å². The van der Waals surface area contributed by atoms with Gasteiger partial charge in [-0.1, -0.05) is 53.9 Å². The lowest BCUT2D eigenvalue weighted by atomic mass is 9.44. The fraction of sp³-hybridized carbons (Fsp3) is 1.00. The average Bonchev–Trinajstić information content (AvgIpc) is 3.04. The van der Waals surface area contributed by atoms with Gasteiger partial charge in [-0.3, -0.25) is 0 Å². The molecule has 0 aromatic rings. The Morgan fingerprint density at radius 2 is 1.50 bits per heavy atom. The van der Waals surface area contributed by atoms with Crippen molar-refractivity contribution in [1.82, 2.24) is 4.90 Å². The number of rotatable bonds is 6. The topological polar surface area (TPSA) is 3.24 Å². The zero-order valence-electron chi connectivity index (χ0n) is 21.6. The maximum Gasteiger partial charge on any atom is 0.00922 e. The first-order chi connectivity index (χ1) is 14.2. The van der Waals surface area contributed by atoms with Crippen LogP contribution in [0.3, 0.4) is 0 Å². The second kappa shape index (κ2) is 8.72. The van der Waals surface area contributed by atoms with Crippen molar-refractivity contribution in [3.8, 4) is 0 Å². The maximum atomic E-state index is 2.75. The summed E-state index contributed by atoms with van der Waals surface area (Å²) < 4.78 is 0. The van der Waals surface area contributed by atoms with Crippen molar-refractivity contribution < 1.29 is 0 Å². The largest absolute Gasteiger partial charge is 0.306 e. The van der Waals surface area contributed by atoms with Crippen molar-refractivity contribution in [2.75, 3.05) is 14.1 Å². The molecule has 4 aliphatic rings. The summed E-state index contributed by atoms with van der Waals surface area (Å²) in [6, 6.07) is 0.844. The van der Waals surface area contributed by atoms with Crippen LogP contribution in [0.25, 0.3) is 0 Å². The van der Waals surface area contributed by atoms with Crippen LogP contribution in [0.4, 0.5) is 0 Å². The van der Waals surface area contributed by atoms with Crippen LogP contribution in [0.1, 0.15) is 112 Å². The highest BCUT2D eigenvalue weighted by Crippen LogP contribution is 2.68. The molecule has 0 aromatic heterocycles. The molecule has 0 heterocycles. The van der Waals surface area contributed by atoms with Gasteiger partial charge in [0.1, 0.15) is 0 Å². The molecule has 0 saturated heterocycles. The van der Waals surface area contributed by atoms with Gasteiger partial charge in [-0.05, 0) is 124 Å². The minimum Gasteiger partial charge on any atom is -0.306 e. The molecule has 9 atom stereocenters. The van der Waals surface area contributed by atoms with Crippen molar-refractivity contribution in [3.63, 3.8) is 0 Å². The summed E-state index contributed by atoms with van der Waals surface area (Å²) in [5.41, 5.74) is 1.31. The first-order valence-electron chi connectivity index (χ1n) is 13.8. The van der Waals surface area contributed by atoms with Gasteiger partial charge in [-0.25, -0.2) is 0 Å². The van der Waals surface area contributed by atoms with E-state index in [0.717, 1.165) is 47.5 Å². The number of nitrogens with zero attached hydrogens (tertiary/aromatic N) is 1. The van der Waals surface area contributed by atoms with Gasteiger partial charge < -0.3 is 4.90 Å². The van der Waals surface area contributed by atoms with Crippen LogP contribution in [0.2, 0.25) is 0 Å². The second-order valence-corrected chi connectivity index (χ2v) is 13.6. The Labute approximate surface area is 189 Å².